The van der Waals surface area contributed by atoms with E-state index < -0.39 is 6.09 Å². The van der Waals surface area contributed by atoms with Crippen molar-refractivity contribution in [2.24, 2.45) is 5.73 Å². The summed E-state index contributed by atoms with van der Waals surface area (Å²) in [5.74, 6) is -0.0590. The molecule has 2 amide bonds. The number of nitrogens with one attached hydrogen (secondary N) is 2. The number of carbonyl (C=O) groups is 2. The lowest BCUT2D eigenvalue weighted by Crippen LogP contribution is -2.40. The molecule has 0 fully saturated rings. The fourth-order valence-electron chi connectivity index (χ4n) is 2.54. The van der Waals surface area contributed by atoms with Crippen LogP contribution in [0.1, 0.15) is 26.7 Å². The van der Waals surface area contributed by atoms with Gasteiger partial charge in [-0.2, -0.15) is 0 Å². The molecular weight excluding hydrogens is 384 g/mol. The number of hydrogen-bond acceptors (Lipinski definition) is 7. The predicted octanol–water partition coefficient (Wildman–Crippen LogP) is 2.63. The van der Waals surface area contributed by atoms with Crippen LogP contribution in [-0.4, -0.2) is 22.5 Å². The highest BCUT2D eigenvalue weighted by molar-refractivity contribution is 8.03. The molecular formula is C18H20N4O3S2. The van der Waals surface area contributed by atoms with Gasteiger partial charge in [-0.1, -0.05) is 41.6 Å². The van der Waals surface area contributed by atoms with Crippen LogP contribution in [0.5, 0.6) is 0 Å². The molecule has 1 atom stereocenters. The van der Waals surface area contributed by atoms with E-state index in [1.807, 2.05) is 43.5 Å². The topological polar surface area (TPSA) is 106 Å². The van der Waals surface area contributed by atoms with Gasteiger partial charge in [0.05, 0.1) is 27.7 Å². The summed E-state index contributed by atoms with van der Waals surface area (Å²) in [5.41, 5.74) is 8.39. The number of rotatable bonds is 6. The Morgan fingerprint density at radius 3 is 2.74 bits per heavy atom. The number of thiazole rings is 1. The molecule has 1 aromatic carbocycles. The highest BCUT2D eigenvalue weighted by atomic mass is 32.2. The summed E-state index contributed by atoms with van der Waals surface area (Å²) in [4.78, 5) is 28.4. The van der Waals surface area contributed by atoms with Crippen LogP contribution in [0.4, 0.5) is 4.79 Å². The first kappa shape index (κ1) is 19.2. The Labute approximate surface area is 165 Å². The first-order chi connectivity index (χ1) is 12.9. The van der Waals surface area contributed by atoms with Crippen molar-refractivity contribution in [2.45, 2.75) is 32.4 Å². The van der Waals surface area contributed by atoms with E-state index in [4.69, 9.17) is 10.5 Å². The Hall–Kier alpha value is -2.52. The van der Waals surface area contributed by atoms with Gasteiger partial charge >= 0.3 is 6.09 Å². The van der Waals surface area contributed by atoms with Crippen LogP contribution in [0.15, 0.2) is 29.7 Å². The van der Waals surface area contributed by atoms with Crippen LogP contribution in [-0.2, 0) is 22.6 Å². The third-order valence-corrected chi connectivity index (χ3v) is 5.71. The third kappa shape index (κ3) is 5.24. The van der Waals surface area contributed by atoms with Gasteiger partial charge in [-0.05, 0) is 24.8 Å². The number of benzene rings is 1. The van der Waals surface area contributed by atoms with Gasteiger partial charge in [0.1, 0.15) is 6.61 Å². The molecule has 7 nitrogen and oxygen atoms in total. The molecule has 0 radical (unpaired) electrons. The van der Waals surface area contributed by atoms with Gasteiger partial charge in [0.25, 0.3) is 0 Å². The highest BCUT2D eigenvalue weighted by Crippen LogP contribution is 2.32. The monoisotopic (exact) mass is 404 g/mol. The largest absolute Gasteiger partial charge is 0.443 e. The summed E-state index contributed by atoms with van der Waals surface area (Å²) < 4.78 is 4.86. The van der Waals surface area contributed by atoms with Crippen molar-refractivity contribution in [1.82, 2.24) is 15.6 Å². The van der Waals surface area contributed by atoms with Crippen LogP contribution in [0.3, 0.4) is 0 Å². The number of aryl methyl sites for hydroxylation is 2. The van der Waals surface area contributed by atoms with Crippen LogP contribution >= 0.6 is 23.1 Å². The number of hydrogen-bond donors (Lipinski definition) is 3. The van der Waals surface area contributed by atoms with E-state index in [0.717, 1.165) is 26.7 Å². The molecule has 0 saturated heterocycles. The molecule has 2 aromatic rings. The molecule has 1 aliphatic heterocycles. The van der Waals surface area contributed by atoms with E-state index in [1.165, 1.54) is 23.1 Å². The second kappa shape index (κ2) is 8.45. The first-order valence-electron chi connectivity index (χ1n) is 8.26. The number of carbonyl (C=O) groups excluding carboxylic acids is 2. The maximum atomic E-state index is 12.3. The SMILES string of the molecule is Cc1ccc(CC(=O)NC2NC(c3sc(C)nc3COC(N)=O)=CS2)cc1. The van der Waals surface area contributed by atoms with E-state index in [1.54, 1.807) is 0 Å². The van der Waals surface area contributed by atoms with Gasteiger partial charge in [-0.25, -0.2) is 9.78 Å². The van der Waals surface area contributed by atoms with Crippen LogP contribution < -0.4 is 16.4 Å². The van der Waals surface area contributed by atoms with Crippen molar-refractivity contribution in [2.75, 3.05) is 0 Å². The molecule has 9 heteroatoms. The van der Waals surface area contributed by atoms with Crippen LogP contribution in [0.25, 0.3) is 5.70 Å². The minimum Gasteiger partial charge on any atom is -0.443 e. The molecule has 1 aliphatic rings. The molecule has 3 rings (SSSR count). The van der Waals surface area contributed by atoms with Gasteiger partial charge in [0.2, 0.25) is 5.91 Å². The predicted molar refractivity (Wildman–Crippen MR) is 107 cm³/mol. The van der Waals surface area contributed by atoms with Gasteiger partial charge in [-0.3, -0.25) is 4.79 Å². The number of aromatic nitrogens is 1. The normalized spacial score (nSPS) is 15.8. The zero-order valence-corrected chi connectivity index (χ0v) is 16.6. The standard InChI is InChI=1S/C18H20N4O3S2/c1-10-3-5-12(6-4-10)7-15(23)22-18-21-14(9-26-18)16-13(8-25-17(19)24)20-11(2)27-16/h3-6,9,18,21H,7-8H2,1-2H3,(H2,19,24)(H,22,23). The number of amides is 2. The average molecular weight is 405 g/mol. The van der Waals surface area contributed by atoms with Gasteiger partial charge in [0.15, 0.2) is 5.50 Å². The fraction of sp³-hybridized carbons (Fsp3) is 0.278. The van der Waals surface area contributed by atoms with Crippen molar-refractivity contribution < 1.29 is 14.3 Å². The quantitative estimate of drug-likeness (QED) is 0.683. The number of primary amides is 1. The first-order valence-corrected chi connectivity index (χ1v) is 10.0. The van der Waals surface area contributed by atoms with Crippen molar-refractivity contribution in [1.29, 1.82) is 0 Å². The molecule has 142 valence electrons. The Kier molecular flexibility index (Phi) is 6.02. The average Bonchev–Trinajstić information content (AvgIpc) is 3.21. The molecule has 0 aliphatic carbocycles. The smallest absolute Gasteiger partial charge is 0.404 e. The van der Waals surface area contributed by atoms with E-state index in [9.17, 15) is 9.59 Å². The van der Waals surface area contributed by atoms with Gasteiger partial charge in [0, 0.05) is 0 Å². The van der Waals surface area contributed by atoms with Crippen molar-refractivity contribution in [3.63, 3.8) is 0 Å². The summed E-state index contributed by atoms with van der Waals surface area (Å²) in [6.45, 7) is 3.91. The molecule has 27 heavy (non-hydrogen) atoms. The minimum atomic E-state index is -0.837. The summed E-state index contributed by atoms with van der Waals surface area (Å²) in [6.07, 6.45) is -0.512. The van der Waals surface area contributed by atoms with E-state index in [-0.39, 0.29) is 18.0 Å². The van der Waals surface area contributed by atoms with Crippen molar-refractivity contribution >= 4 is 40.8 Å². The number of ether oxygens (including phenoxy) is 1. The van der Waals surface area contributed by atoms with Crippen molar-refractivity contribution in [3.05, 3.63) is 56.4 Å². The van der Waals surface area contributed by atoms with Gasteiger partial charge < -0.3 is 21.1 Å². The van der Waals surface area contributed by atoms with Crippen LogP contribution in [0, 0.1) is 13.8 Å². The van der Waals surface area contributed by atoms with Crippen LogP contribution in [0.2, 0.25) is 0 Å². The number of nitrogens with two attached hydrogens (primary N) is 1. The molecule has 2 heterocycles. The number of nitrogens with zero attached hydrogens (tertiary/aromatic N) is 1. The van der Waals surface area contributed by atoms with Crippen molar-refractivity contribution in [3.8, 4) is 0 Å². The Morgan fingerprint density at radius 2 is 2.04 bits per heavy atom. The molecule has 0 bridgehead atoms. The summed E-state index contributed by atoms with van der Waals surface area (Å²) >= 11 is 2.96. The Balaban J connectivity index is 1.57. The Morgan fingerprint density at radius 1 is 1.30 bits per heavy atom. The fourth-order valence-corrected chi connectivity index (χ4v) is 4.37. The number of thioether (sulfide) groups is 1. The lowest BCUT2D eigenvalue weighted by atomic mass is 10.1. The lowest BCUT2D eigenvalue weighted by molar-refractivity contribution is -0.120. The molecule has 1 aromatic heterocycles. The van der Waals surface area contributed by atoms with E-state index in [2.05, 4.69) is 15.6 Å². The Bertz CT molecular complexity index is 877. The second-order valence-electron chi connectivity index (χ2n) is 6.04. The minimum absolute atomic E-state index is 0.0170. The summed E-state index contributed by atoms with van der Waals surface area (Å²) in [7, 11) is 0. The third-order valence-electron chi connectivity index (χ3n) is 3.79. The van der Waals surface area contributed by atoms with E-state index in [0.29, 0.717) is 12.1 Å². The zero-order valence-electron chi connectivity index (χ0n) is 14.9. The second-order valence-corrected chi connectivity index (χ2v) is 8.22. The zero-order chi connectivity index (χ0) is 19.4. The highest BCUT2D eigenvalue weighted by Gasteiger charge is 2.23. The summed E-state index contributed by atoms with van der Waals surface area (Å²) in [5, 5.41) is 9.01. The lowest BCUT2D eigenvalue weighted by Gasteiger charge is -2.15. The maximum absolute atomic E-state index is 12.3. The van der Waals surface area contributed by atoms with E-state index >= 15 is 0 Å². The molecule has 0 spiro atoms. The van der Waals surface area contributed by atoms with Gasteiger partial charge in [-0.15, -0.1) is 11.3 Å². The molecule has 0 saturated carbocycles. The molecule has 1 unspecified atom stereocenters. The molecule has 4 N–H and O–H groups in total. The summed E-state index contributed by atoms with van der Waals surface area (Å²) in [6, 6.07) is 7.90. The maximum Gasteiger partial charge on any atom is 0.404 e.